The molecule has 0 aliphatic heterocycles. The molecule has 0 aromatic heterocycles. The van der Waals surface area contributed by atoms with Crippen LogP contribution in [0.2, 0.25) is 0 Å². The molecule has 0 saturated heterocycles. The zero-order valence-electron chi connectivity index (χ0n) is 2.85. The quantitative estimate of drug-likeness (QED) is 0.362. The summed E-state index contributed by atoms with van der Waals surface area (Å²) in [5, 5.41) is 0. The molecule has 0 amide bonds. The summed E-state index contributed by atoms with van der Waals surface area (Å²) >= 11 is 0. The topological polar surface area (TPSA) is 77.8 Å². The van der Waals surface area contributed by atoms with Gasteiger partial charge in [-0.25, -0.2) is 4.57 Å². The minimum absolute atomic E-state index is 0. The third-order valence-electron chi connectivity index (χ3n) is 0. The van der Waals surface area contributed by atoms with E-state index in [9.17, 15) is 0 Å². The average Bonchev–Trinajstić information content (AvgIpc) is 0.722. The molecule has 51 valence electrons. The molecule has 0 unspecified atom stereocenters. The smallest absolute Gasteiger partial charge is 0.303 e. The van der Waals surface area contributed by atoms with E-state index in [4.69, 9.17) is 19.2 Å². The predicted octanol–water partition coefficient (Wildman–Crippen LogP) is -0.934. The van der Waals surface area contributed by atoms with Crippen LogP contribution in [0.25, 0.3) is 0 Å². The number of hydrogen-bond donors (Lipinski definition) is 3. The van der Waals surface area contributed by atoms with Crippen molar-refractivity contribution in [3.05, 3.63) is 0 Å². The maximum Gasteiger partial charge on any atom is 0.466 e. The molecular formula is H3CuFeO4P. The first-order chi connectivity index (χ1) is 2.00. The normalized spacial score (nSPS) is 8.43. The Balaban J connectivity index is -0.0000000800. The van der Waals surface area contributed by atoms with Gasteiger partial charge >= 0.3 is 7.82 Å². The van der Waals surface area contributed by atoms with Crippen LogP contribution in [-0.4, -0.2) is 14.7 Å². The average molecular weight is 217 g/mol. The standard InChI is InChI=1S/Cu.Fe.H3O4P/c;;1-5(2,3)4/h;;(H3,1,2,3,4). The molecule has 4 nitrogen and oxygen atoms in total. The summed E-state index contributed by atoms with van der Waals surface area (Å²) in [6.45, 7) is 0. The van der Waals surface area contributed by atoms with Crippen molar-refractivity contribution in [2.75, 3.05) is 0 Å². The molecular weight excluding hydrogens is 214 g/mol. The molecule has 0 fully saturated rings. The maximum absolute atomic E-state index is 8.88. The van der Waals surface area contributed by atoms with Gasteiger partial charge in [-0.1, -0.05) is 0 Å². The van der Waals surface area contributed by atoms with Crippen LogP contribution in [0.3, 0.4) is 0 Å². The van der Waals surface area contributed by atoms with Gasteiger partial charge in [0.05, 0.1) is 0 Å². The van der Waals surface area contributed by atoms with Crippen LogP contribution < -0.4 is 0 Å². The Morgan fingerprint density at radius 3 is 1.14 bits per heavy atom. The number of phosphoric acid groups is 1. The largest absolute Gasteiger partial charge is 0.466 e. The van der Waals surface area contributed by atoms with Crippen LogP contribution in [-0.2, 0) is 38.7 Å². The van der Waals surface area contributed by atoms with Crippen LogP contribution in [0.1, 0.15) is 0 Å². The van der Waals surface area contributed by atoms with Crippen molar-refractivity contribution in [1.29, 1.82) is 0 Å². The van der Waals surface area contributed by atoms with E-state index in [0.717, 1.165) is 0 Å². The summed E-state index contributed by atoms with van der Waals surface area (Å²) in [6, 6.07) is 0. The second-order valence-corrected chi connectivity index (χ2v) is 1.54. The van der Waals surface area contributed by atoms with Crippen molar-refractivity contribution >= 4 is 7.82 Å². The fourth-order valence-electron chi connectivity index (χ4n) is 0. The first kappa shape index (κ1) is 15.7. The van der Waals surface area contributed by atoms with Crippen LogP contribution in [0.15, 0.2) is 0 Å². The molecule has 0 aliphatic rings. The molecule has 0 spiro atoms. The Hall–Kier alpha value is 1.15. The van der Waals surface area contributed by atoms with Gasteiger partial charge in [0.15, 0.2) is 0 Å². The molecule has 0 rings (SSSR count). The van der Waals surface area contributed by atoms with Crippen molar-refractivity contribution in [3.63, 3.8) is 0 Å². The minimum Gasteiger partial charge on any atom is -0.303 e. The van der Waals surface area contributed by atoms with Gasteiger partial charge in [-0.3, -0.25) is 0 Å². The van der Waals surface area contributed by atoms with E-state index in [1.807, 2.05) is 0 Å². The van der Waals surface area contributed by atoms with Crippen molar-refractivity contribution in [2.24, 2.45) is 0 Å². The van der Waals surface area contributed by atoms with E-state index in [1.54, 1.807) is 0 Å². The van der Waals surface area contributed by atoms with E-state index in [1.165, 1.54) is 0 Å². The Labute approximate surface area is 61.5 Å². The summed E-state index contributed by atoms with van der Waals surface area (Å²) in [6.07, 6.45) is 0. The fourth-order valence-corrected chi connectivity index (χ4v) is 0. The van der Waals surface area contributed by atoms with Gasteiger partial charge in [0.25, 0.3) is 0 Å². The molecule has 0 saturated carbocycles. The monoisotopic (exact) mass is 217 g/mol. The summed E-state index contributed by atoms with van der Waals surface area (Å²) in [4.78, 5) is 21.6. The van der Waals surface area contributed by atoms with E-state index in [2.05, 4.69) is 0 Å². The summed E-state index contributed by atoms with van der Waals surface area (Å²) < 4.78 is 8.88. The predicted molar refractivity (Wildman–Crippen MR) is 14.3 cm³/mol. The molecule has 7 heavy (non-hydrogen) atoms. The number of hydrogen-bond acceptors (Lipinski definition) is 1. The van der Waals surface area contributed by atoms with Crippen molar-refractivity contribution < 1.29 is 53.4 Å². The zero-order valence-corrected chi connectivity index (χ0v) is 5.79. The van der Waals surface area contributed by atoms with Crippen molar-refractivity contribution in [1.82, 2.24) is 0 Å². The van der Waals surface area contributed by atoms with Gasteiger partial charge in [-0.05, 0) is 0 Å². The van der Waals surface area contributed by atoms with E-state index >= 15 is 0 Å². The first-order valence-electron chi connectivity index (χ1n) is 0.783. The van der Waals surface area contributed by atoms with Gasteiger partial charge in [-0.2, -0.15) is 0 Å². The van der Waals surface area contributed by atoms with Gasteiger partial charge in [0.1, 0.15) is 0 Å². The first-order valence-corrected chi connectivity index (χ1v) is 2.35. The SMILES string of the molecule is O=P(O)(O)O.[Cu].[Fe]. The van der Waals surface area contributed by atoms with Crippen LogP contribution in [0, 0.1) is 0 Å². The van der Waals surface area contributed by atoms with E-state index in [0.29, 0.717) is 0 Å². The molecule has 0 bridgehead atoms. The molecule has 1 radical (unpaired) electrons. The second kappa shape index (κ2) is 5.29. The Morgan fingerprint density at radius 1 is 1.14 bits per heavy atom. The van der Waals surface area contributed by atoms with E-state index in [-0.39, 0.29) is 34.1 Å². The van der Waals surface area contributed by atoms with Gasteiger partial charge in [0, 0.05) is 34.1 Å². The third kappa shape index (κ3) is 144. The zero-order chi connectivity index (χ0) is 4.50. The molecule has 0 aromatic rings. The third-order valence-corrected chi connectivity index (χ3v) is 0. The van der Waals surface area contributed by atoms with Crippen molar-refractivity contribution in [3.8, 4) is 0 Å². The van der Waals surface area contributed by atoms with Gasteiger partial charge < -0.3 is 14.7 Å². The molecule has 7 heteroatoms. The summed E-state index contributed by atoms with van der Waals surface area (Å²) in [5.74, 6) is 0. The second-order valence-electron chi connectivity index (χ2n) is 0.513. The van der Waals surface area contributed by atoms with E-state index < -0.39 is 7.82 Å². The maximum atomic E-state index is 8.88. The van der Waals surface area contributed by atoms with Gasteiger partial charge in [0.2, 0.25) is 0 Å². The molecule has 0 aliphatic carbocycles. The molecule has 3 N–H and O–H groups in total. The van der Waals surface area contributed by atoms with Gasteiger partial charge in [-0.15, -0.1) is 0 Å². The summed E-state index contributed by atoms with van der Waals surface area (Å²) in [5.41, 5.74) is 0. The molecule has 0 heterocycles. The van der Waals surface area contributed by atoms with Crippen LogP contribution in [0.4, 0.5) is 0 Å². The van der Waals surface area contributed by atoms with Crippen LogP contribution in [0.5, 0.6) is 0 Å². The Kier molecular flexibility index (Phi) is 11.9. The number of rotatable bonds is 0. The summed E-state index contributed by atoms with van der Waals surface area (Å²) in [7, 11) is -4.64. The van der Waals surface area contributed by atoms with Crippen molar-refractivity contribution in [2.45, 2.75) is 0 Å². The fraction of sp³-hybridized carbons (Fsp3) is 0. The Bertz CT molecular complexity index is 57.8. The molecule has 0 aromatic carbocycles. The Morgan fingerprint density at radius 2 is 1.14 bits per heavy atom. The van der Waals surface area contributed by atoms with Crippen LogP contribution >= 0.6 is 7.82 Å². The minimum atomic E-state index is -4.64. The molecule has 0 atom stereocenters.